The average molecular weight is 447 g/mol. The first kappa shape index (κ1) is 20.9. The number of carbonyl (C=O) groups excluding carboxylic acids is 2. The smallest absolute Gasteiger partial charge is 0.408 e. The molecule has 0 spiro atoms. The van der Waals surface area contributed by atoms with Gasteiger partial charge in [-0.2, -0.15) is 4.31 Å². The third-order valence-corrected chi connectivity index (χ3v) is 7.06. The first-order chi connectivity index (χ1) is 14.8. The topological polar surface area (TPSA) is 110 Å². The van der Waals surface area contributed by atoms with E-state index in [1.54, 1.807) is 0 Å². The average Bonchev–Trinajstić information content (AvgIpc) is 3.08. The minimum absolute atomic E-state index is 0.0320. The van der Waals surface area contributed by atoms with Crippen LogP contribution in [0, 0.1) is 5.82 Å². The van der Waals surface area contributed by atoms with Crippen LogP contribution in [0.1, 0.15) is 10.4 Å². The van der Waals surface area contributed by atoms with Crippen LogP contribution in [-0.2, 0) is 21.4 Å². The third kappa shape index (κ3) is 4.01. The first-order valence-electron chi connectivity index (χ1n) is 9.41. The van der Waals surface area contributed by atoms with Gasteiger partial charge in [0.05, 0.1) is 17.0 Å². The Morgan fingerprint density at radius 3 is 2.39 bits per heavy atom. The van der Waals surface area contributed by atoms with Crippen LogP contribution in [0.5, 0.6) is 0 Å². The highest BCUT2D eigenvalue weighted by molar-refractivity contribution is 7.89. The Labute approximate surface area is 176 Å². The van der Waals surface area contributed by atoms with Crippen molar-refractivity contribution in [2.24, 2.45) is 0 Å². The maximum atomic E-state index is 13.1. The fourth-order valence-corrected chi connectivity index (χ4v) is 4.86. The van der Waals surface area contributed by atoms with Gasteiger partial charge in [-0.3, -0.25) is 14.2 Å². The number of piperazine rings is 1. The number of amides is 1. The molecule has 0 radical (unpaired) electrons. The highest BCUT2D eigenvalue weighted by Gasteiger charge is 2.29. The number of carbonyl (C=O) groups is 2. The zero-order valence-electron chi connectivity index (χ0n) is 16.2. The molecule has 3 aromatic rings. The molecule has 162 valence electrons. The fraction of sp³-hybridized carbons (Fsp3) is 0.250. The molecule has 31 heavy (non-hydrogen) atoms. The van der Waals surface area contributed by atoms with Crippen molar-refractivity contribution in [1.82, 2.24) is 13.8 Å². The minimum atomic E-state index is -3.84. The number of sulfonamides is 1. The highest BCUT2D eigenvalue weighted by Crippen LogP contribution is 2.23. The van der Waals surface area contributed by atoms with Gasteiger partial charge in [0, 0.05) is 37.8 Å². The molecule has 2 aromatic carbocycles. The van der Waals surface area contributed by atoms with Gasteiger partial charge in [0.2, 0.25) is 16.4 Å². The number of benzene rings is 2. The Balaban J connectivity index is 1.61. The van der Waals surface area contributed by atoms with E-state index in [1.807, 2.05) is 0 Å². The van der Waals surface area contributed by atoms with Gasteiger partial charge in [0.15, 0.2) is 11.4 Å². The summed E-state index contributed by atoms with van der Waals surface area (Å²) in [5, 5.41) is 0. The lowest BCUT2D eigenvalue weighted by Gasteiger charge is -2.31. The van der Waals surface area contributed by atoms with Gasteiger partial charge in [0.25, 0.3) is 0 Å². The molecule has 0 atom stereocenters. The second-order valence-electron chi connectivity index (χ2n) is 7.06. The van der Waals surface area contributed by atoms with Gasteiger partial charge < -0.3 is 9.32 Å². The monoisotopic (exact) mass is 447 g/mol. The summed E-state index contributed by atoms with van der Waals surface area (Å²) in [7, 11) is -3.84. The predicted molar refractivity (Wildman–Crippen MR) is 108 cm³/mol. The molecule has 1 aromatic heterocycles. The summed E-state index contributed by atoms with van der Waals surface area (Å²) >= 11 is 0. The number of oxazole rings is 1. The zero-order chi connectivity index (χ0) is 22.2. The summed E-state index contributed by atoms with van der Waals surface area (Å²) < 4.78 is 46.4. The SMILES string of the molecule is O=CN1CCN(S(=O)(=O)c2ccc3c(c2)oc(=O)n3CC(=O)c2ccc(F)cc2)CC1. The van der Waals surface area contributed by atoms with Crippen molar-refractivity contribution in [2.45, 2.75) is 11.4 Å². The van der Waals surface area contributed by atoms with Crippen LogP contribution in [0.15, 0.2) is 56.6 Å². The van der Waals surface area contributed by atoms with E-state index in [1.165, 1.54) is 39.5 Å². The van der Waals surface area contributed by atoms with Crippen LogP contribution in [0.25, 0.3) is 11.1 Å². The Morgan fingerprint density at radius 2 is 1.74 bits per heavy atom. The van der Waals surface area contributed by atoms with Crippen molar-refractivity contribution in [3.05, 3.63) is 64.4 Å². The second kappa shape index (κ2) is 8.08. The number of halogens is 1. The van der Waals surface area contributed by atoms with Gasteiger partial charge in [-0.05, 0) is 36.4 Å². The molecule has 2 heterocycles. The quantitative estimate of drug-likeness (QED) is 0.413. The normalized spacial score (nSPS) is 15.3. The van der Waals surface area contributed by atoms with Crippen LogP contribution in [0.4, 0.5) is 4.39 Å². The van der Waals surface area contributed by atoms with E-state index in [-0.39, 0.29) is 41.2 Å². The summed E-state index contributed by atoms with van der Waals surface area (Å²) in [6.45, 7) is 0.577. The van der Waals surface area contributed by atoms with E-state index < -0.39 is 27.4 Å². The van der Waals surface area contributed by atoms with E-state index in [4.69, 9.17) is 4.42 Å². The molecule has 9 nitrogen and oxygen atoms in total. The van der Waals surface area contributed by atoms with E-state index >= 15 is 0 Å². The largest absolute Gasteiger partial charge is 0.420 e. The Morgan fingerprint density at radius 1 is 1.06 bits per heavy atom. The lowest BCUT2D eigenvalue weighted by Crippen LogP contribution is -2.47. The lowest BCUT2D eigenvalue weighted by atomic mass is 10.1. The first-order valence-corrected chi connectivity index (χ1v) is 10.9. The van der Waals surface area contributed by atoms with Gasteiger partial charge in [-0.25, -0.2) is 17.6 Å². The van der Waals surface area contributed by atoms with Crippen LogP contribution in [-0.4, -0.2) is 60.6 Å². The maximum absolute atomic E-state index is 13.1. The fourth-order valence-electron chi connectivity index (χ4n) is 3.43. The molecular weight excluding hydrogens is 429 g/mol. The molecule has 1 amide bonds. The number of nitrogens with zero attached hydrogens (tertiary/aromatic N) is 3. The Hall–Kier alpha value is -3.31. The number of rotatable bonds is 6. The van der Waals surface area contributed by atoms with Crippen LogP contribution >= 0.6 is 0 Å². The van der Waals surface area contributed by atoms with Crippen LogP contribution in [0.2, 0.25) is 0 Å². The van der Waals surface area contributed by atoms with E-state index in [2.05, 4.69) is 0 Å². The van der Waals surface area contributed by atoms with Crippen molar-refractivity contribution in [2.75, 3.05) is 26.2 Å². The molecule has 1 aliphatic rings. The molecule has 0 aliphatic carbocycles. The number of Topliss-reactive ketones (excluding diaryl/α,β-unsaturated/α-hetero) is 1. The molecule has 0 bridgehead atoms. The van der Waals surface area contributed by atoms with Crippen molar-refractivity contribution >= 4 is 33.3 Å². The summed E-state index contributed by atoms with van der Waals surface area (Å²) in [6, 6.07) is 8.94. The maximum Gasteiger partial charge on any atom is 0.420 e. The molecule has 1 aliphatic heterocycles. The van der Waals surface area contributed by atoms with Crippen molar-refractivity contribution in [1.29, 1.82) is 0 Å². The number of hydrogen-bond donors (Lipinski definition) is 0. The lowest BCUT2D eigenvalue weighted by molar-refractivity contribution is -0.119. The summed E-state index contributed by atoms with van der Waals surface area (Å²) in [4.78, 5) is 37.0. The second-order valence-corrected chi connectivity index (χ2v) is 9.00. The molecule has 4 rings (SSSR count). The molecule has 0 unspecified atom stereocenters. The highest BCUT2D eigenvalue weighted by atomic mass is 32.2. The molecule has 11 heteroatoms. The van der Waals surface area contributed by atoms with Crippen molar-refractivity contribution in [3.8, 4) is 0 Å². The van der Waals surface area contributed by atoms with Gasteiger partial charge >= 0.3 is 5.76 Å². The van der Waals surface area contributed by atoms with E-state index in [0.29, 0.717) is 19.5 Å². The molecule has 0 N–H and O–H groups in total. The zero-order valence-corrected chi connectivity index (χ0v) is 17.0. The summed E-state index contributed by atoms with van der Waals surface area (Å²) in [5.74, 6) is -1.71. The summed E-state index contributed by atoms with van der Waals surface area (Å²) in [6.07, 6.45) is 0.681. The van der Waals surface area contributed by atoms with E-state index in [0.717, 1.165) is 16.7 Å². The van der Waals surface area contributed by atoms with E-state index in [9.17, 15) is 27.2 Å². The summed E-state index contributed by atoms with van der Waals surface area (Å²) in [5.41, 5.74) is 0.533. The number of hydrogen-bond acceptors (Lipinski definition) is 6. The van der Waals surface area contributed by atoms with Gasteiger partial charge in [-0.1, -0.05) is 0 Å². The number of fused-ring (bicyclic) bond motifs is 1. The number of ketones is 1. The third-order valence-electron chi connectivity index (χ3n) is 5.17. The van der Waals surface area contributed by atoms with Gasteiger partial charge in [0.1, 0.15) is 5.82 Å². The standard InChI is InChI=1S/C20H18FN3O6S/c21-15-3-1-14(2-4-15)18(26)12-24-17-6-5-16(11-19(17)30-20(24)27)31(28,29)23-9-7-22(13-25)8-10-23/h1-6,11,13H,7-10,12H2. The Bertz CT molecular complexity index is 1300. The van der Waals surface area contributed by atoms with Gasteiger partial charge in [-0.15, -0.1) is 0 Å². The molecule has 1 saturated heterocycles. The minimum Gasteiger partial charge on any atom is -0.408 e. The van der Waals surface area contributed by atoms with Crippen molar-refractivity contribution < 1.29 is 26.8 Å². The Kier molecular flexibility index (Phi) is 5.46. The van der Waals surface area contributed by atoms with Crippen LogP contribution in [0.3, 0.4) is 0 Å². The molecule has 1 fully saturated rings. The molecule has 0 saturated carbocycles. The van der Waals surface area contributed by atoms with Crippen molar-refractivity contribution in [3.63, 3.8) is 0 Å². The van der Waals surface area contributed by atoms with Crippen LogP contribution < -0.4 is 5.76 Å². The number of aromatic nitrogens is 1. The molecular formula is C20H18FN3O6S. The predicted octanol–water partition coefficient (Wildman–Crippen LogP) is 1.08.